The normalized spacial score (nSPS) is 19.8. The highest BCUT2D eigenvalue weighted by molar-refractivity contribution is 5.78. The van der Waals surface area contributed by atoms with E-state index >= 15 is 0 Å². The molecule has 6 nitrogen and oxygen atoms in total. The number of carboxylic acid groups (broad SMARTS) is 1. The van der Waals surface area contributed by atoms with E-state index in [2.05, 4.69) is 10.6 Å². The van der Waals surface area contributed by atoms with Crippen LogP contribution < -0.4 is 10.6 Å². The van der Waals surface area contributed by atoms with Gasteiger partial charge in [-0.05, 0) is 25.7 Å². The summed E-state index contributed by atoms with van der Waals surface area (Å²) in [4.78, 5) is 23.1. The van der Waals surface area contributed by atoms with Crippen LogP contribution in [-0.2, 0) is 9.53 Å². The zero-order valence-electron chi connectivity index (χ0n) is 11.9. The number of urea groups is 1. The monoisotopic (exact) mass is 272 g/mol. The number of rotatable bonds is 5. The van der Waals surface area contributed by atoms with Crippen LogP contribution in [0.15, 0.2) is 0 Å². The third-order valence-corrected chi connectivity index (χ3v) is 3.85. The number of nitrogens with one attached hydrogen (secondary N) is 2. The Balaban J connectivity index is 2.48. The molecule has 0 bridgehead atoms. The number of amides is 2. The number of aliphatic carboxylic acids is 1. The molecular weight excluding hydrogens is 248 g/mol. The Labute approximate surface area is 113 Å². The molecule has 19 heavy (non-hydrogen) atoms. The van der Waals surface area contributed by atoms with Gasteiger partial charge in [0.2, 0.25) is 0 Å². The van der Waals surface area contributed by atoms with Gasteiger partial charge in [0.05, 0.1) is 5.41 Å². The van der Waals surface area contributed by atoms with Crippen LogP contribution in [0.2, 0.25) is 0 Å². The Morgan fingerprint density at radius 2 is 1.84 bits per heavy atom. The SMILES string of the molecule is CC(C)C(C)NC(=O)NCC1(C(=O)O)CCOCC1. The number of ether oxygens (including phenoxy) is 1. The second kappa shape index (κ2) is 6.75. The van der Waals surface area contributed by atoms with E-state index in [1.807, 2.05) is 20.8 Å². The van der Waals surface area contributed by atoms with Crippen molar-refractivity contribution in [3.05, 3.63) is 0 Å². The maximum absolute atomic E-state index is 11.7. The van der Waals surface area contributed by atoms with Gasteiger partial charge in [0, 0.05) is 25.8 Å². The largest absolute Gasteiger partial charge is 0.481 e. The van der Waals surface area contributed by atoms with E-state index in [9.17, 15) is 14.7 Å². The minimum absolute atomic E-state index is 0.0514. The molecule has 1 heterocycles. The Morgan fingerprint density at radius 3 is 2.32 bits per heavy atom. The first-order valence-electron chi connectivity index (χ1n) is 6.73. The molecule has 0 aliphatic carbocycles. The van der Waals surface area contributed by atoms with Gasteiger partial charge >= 0.3 is 12.0 Å². The lowest BCUT2D eigenvalue weighted by atomic mass is 9.80. The zero-order valence-corrected chi connectivity index (χ0v) is 11.9. The second-order valence-electron chi connectivity index (χ2n) is 5.56. The Bertz CT molecular complexity index is 325. The molecule has 1 aliphatic heterocycles. The van der Waals surface area contributed by atoms with E-state index in [4.69, 9.17) is 4.74 Å². The highest BCUT2D eigenvalue weighted by Crippen LogP contribution is 2.29. The fourth-order valence-electron chi connectivity index (χ4n) is 1.90. The third-order valence-electron chi connectivity index (χ3n) is 3.85. The first kappa shape index (κ1) is 15.8. The van der Waals surface area contributed by atoms with E-state index in [-0.39, 0.29) is 18.6 Å². The molecule has 0 aromatic rings. The van der Waals surface area contributed by atoms with E-state index in [0.717, 1.165) is 0 Å². The average Bonchev–Trinajstić information content (AvgIpc) is 2.37. The van der Waals surface area contributed by atoms with Crippen molar-refractivity contribution in [3.63, 3.8) is 0 Å². The van der Waals surface area contributed by atoms with Crippen LogP contribution >= 0.6 is 0 Å². The molecule has 6 heteroatoms. The zero-order chi connectivity index (χ0) is 14.5. The minimum atomic E-state index is -0.892. The Kier molecular flexibility index (Phi) is 5.60. The van der Waals surface area contributed by atoms with Gasteiger partial charge in [0.25, 0.3) is 0 Å². The van der Waals surface area contributed by atoms with Crippen molar-refractivity contribution in [2.24, 2.45) is 11.3 Å². The summed E-state index contributed by atoms with van der Waals surface area (Å²) < 4.78 is 5.19. The summed E-state index contributed by atoms with van der Waals surface area (Å²) in [6.45, 7) is 6.95. The molecule has 0 saturated carbocycles. The predicted octanol–water partition coefficient (Wildman–Crippen LogP) is 1.21. The van der Waals surface area contributed by atoms with E-state index in [1.165, 1.54) is 0 Å². The van der Waals surface area contributed by atoms with Crippen LogP contribution in [0.1, 0.15) is 33.6 Å². The molecule has 0 aromatic heterocycles. The van der Waals surface area contributed by atoms with Crippen LogP contribution in [-0.4, -0.2) is 42.9 Å². The second-order valence-corrected chi connectivity index (χ2v) is 5.56. The van der Waals surface area contributed by atoms with E-state index < -0.39 is 11.4 Å². The first-order valence-corrected chi connectivity index (χ1v) is 6.73. The molecule has 1 fully saturated rings. The molecule has 0 aromatic carbocycles. The molecule has 1 rings (SSSR count). The van der Waals surface area contributed by atoms with Crippen LogP contribution in [0.5, 0.6) is 0 Å². The van der Waals surface area contributed by atoms with Crippen molar-refractivity contribution in [2.75, 3.05) is 19.8 Å². The molecular formula is C13H24N2O4. The van der Waals surface area contributed by atoms with Gasteiger partial charge in [0.1, 0.15) is 0 Å². The molecule has 1 atom stereocenters. The number of hydrogen-bond acceptors (Lipinski definition) is 3. The predicted molar refractivity (Wildman–Crippen MR) is 71.0 cm³/mol. The minimum Gasteiger partial charge on any atom is -0.481 e. The molecule has 0 radical (unpaired) electrons. The van der Waals surface area contributed by atoms with Crippen molar-refractivity contribution >= 4 is 12.0 Å². The quantitative estimate of drug-likeness (QED) is 0.702. The van der Waals surface area contributed by atoms with E-state index in [1.54, 1.807) is 0 Å². The number of carboxylic acids is 1. The summed E-state index contributed by atoms with van der Waals surface area (Å²) in [5.41, 5.74) is -0.892. The molecule has 0 spiro atoms. The van der Waals surface area contributed by atoms with Gasteiger partial charge in [-0.25, -0.2) is 4.79 Å². The highest BCUT2D eigenvalue weighted by atomic mass is 16.5. The molecule has 1 saturated heterocycles. The van der Waals surface area contributed by atoms with Crippen LogP contribution in [0.3, 0.4) is 0 Å². The first-order chi connectivity index (χ1) is 8.87. The van der Waals surface area contributed by atoms with Gasteiger partial charge in [-0.15, -0.1) is 0 Å². The summed E-state index contributed by atoms with van der Waals surface area (Å²) in [5, 5.41) is 14.8. The molecule has 1 unspecified atom stereocenters. The van der Waals surface area contributed by atoms with Gasteiger partial charge in [-0.3, -0.25) is 4.79 Å². The number of hydrogen-bond donors (Lipinski definition) is 3. The standard InChI is InChI=1S/C13H24N2O4/c1-9(2)10(3)15-12(18)14-8-13(11(16)17)4-6-19-7-5-13/h9-10H,4-8H2,1-3H3,(H,16,17)(H2,14,15,18). The summed E-state index contributed by atoms with van der Waals surface area (Å²) >= 11 is 0. The van der Waals surface area contributed by atoms with Crippen LogP contribution in [0.25, 0.3) is 0 Å². The van der Waals surface area contributed by atoms with Crippen molar-refractivity contribution in [1.29, 1.82) is 0 Å². The number of carbonyl (C=O) groups excluding carboxylic acids is 1. The average molecular weight is 272 g/mol. The van der Waals surface area contributed by atoms with Gasteiger partial charge in [-0.2, -0.15) is 0 Å². The van der Waals surface area contributed by atoms with Crippen molar-refractivity contribution in [2.45, 2.75) is 39.7 Å². The molecule has 1 aliphatic rings. The van der Waals surface area contributed by atoms with Crippen molar-refractivity contribution < 1.29 is 19.4 Å². The lowest BCUT2D eigenvalue weighted by Crippen LogP contribution is -2.50. The molecule has 110 valence electrons. The van der Waals surface area contributed by atoms with Crippen molar-refractivity contribution in [1.82, 2.24) is 10.6 Å². The Morgan fingerprint density at radius 1 is 1.26 bits per heavy atom. The smallest absolute Gasteiger partial charge is 0.315 e. The topological polar surface area (TPSA) is 87.7 Å². The lowest BCUT2D eigenvalue weighted by Gasteiger charge is -2.33. The van der Waals surface area contributed by atoms with E-state index in [0.29, 0.717) is 32.0 Å². The molecule has 3 N–H and O–H groups in total. The maximum Gasteiger partial charge on any atom is 0.315 e. The maximum atomic E-state index is 11.7. The third kappa shape index (κ3) is 4.38. The summed E-state index contributed by atoms with van der Waals surface area (Å²) in [5.74, 6) is -0.532. The lowest BCUT2D eigenvalue weighted by molar-refractivity contribution is -0.154. The summed E-state index contributed by atoms with van der Waals surface area (Å²) in [7, 11) is 0. The number of carbonyl (C=O) groups is 2. The van der Waals surface area contributed by atoms with Crippen molar-refractivity contribution in [3.8, 4) is 0 Å². The highest BCUT2D eigenvalue weighted by Gasteiger charge is 2.40. The van der Waals surface area contributed by atoms with Gasteiger partial charge in [0.15, 0.2) is 0 Å². The summed E-state index contributed by atoms with van der Waals surface area (Å²) in [6, 6.07) is -0.260. The van der Waals surface area contributed by atoms with Gasteiger partial charge in [-0.1, -0.05) is 13.8 Å². The van der Waals surface area contributed by atoms with Crippen LogP contribution in [0.4, 0.5) is 4.79 Å². The Hall–Kier alpha value is -1.30. The molecule has 2 amide bonds. The fraction of sp³-hybridized carbons (Fsp3) is 0.846. The van der Waals surface area contributed by atoms with Crippen LogP contribution in [0, 0.1) is 11.3 Å². The van der Waals surface area contributed by atoms with Gasteiger partial charge < -0.3 is 20.5 Å². The summed E-state index contributed by atoms with van der Waals surface area (Å²) in [6.07, 6.45) is 0.866. The fourth-order valence-corrected chi connectivity index (χ4v) is 1.90.